The van der Waals surface area contributed by atoms with Crippen LogP contribution in [0.1, 0.15) is 16.3 Å². The topological polar surface area (TPSA) is 56.2 Å². The zero-order valence-electron chi connectivity index (χ0n) is 5.05. The van der Waals surface area contributed by atoms with Crippen LogP contribution >= 0.6 is 0 Å². The lowest BCUT2D eigenvalue weighted by molar-refractivity contribution is 0.110. The van der Waals surface area contributed by atoms with Crippen LogP contribution in [0.25, 0.3) is 0 Å². The number of hydrogen-bond acceptors (Lipinski definition) is 3. The molecule has 0 aliphatic rings. The summed E-state index contributed by atoms with van der Waals surface area (Å²) in [5, 5.41) is 0. The van der Waals surface area contributed by atoms with Crippen molar-refractivity contribution in [2.24, 2.45) is 0 Å². The van der Waals surface area contributed by atoms with Crippen molar-refractivity contribution in [3.05, 3.63) is 17.6 Å². The standard InChI is InChI=1S/C6H7NO2/c1-4-2-5(7)6(3-8)9-4/h2-3H,7H2,1H3. The predicted octanol–water partition coefficient (Wildman–Crippen LogP) is 0.983. The van der Waals surface area contributed by atoms with Crippen molar-refractivity contribution in [1.29, 1.82) is 0 Å². The normalized spacial score (nSPS) is 9.44. The summed E-state index contributed by atoms with van der Waals surface area (Å²) in [4.78, 5) is 10.1. The Bertz CT molecular complexity index is 227. The van der Waals surface area contributed by atoms with Gasteiger partial charge in [-0.3, -0.25) is 4.79 Å². The zero-order chi connectivity index (χ0) is 6.85. The van der Waals surface area contributed by atoms with Gasteiger partial charge in [0.15, 0.2) is 12.0 Å². The highest BCUT2D eigenvalue weighted by Gasteiger charge is 2.01. The molecule has 48 valence electrons. The molecular weight excluding hydrogens is 118 g/mol. The van der Waals surface area contributed by atoms with Crippen LogP contribution in [0.5, 0.6) is 0 Å². The number of nitrogen functional groups attached to an aromatic ring is 1. The van der Waals surface area contributed by atoms with E-state index in [9.17, 15) is 4.79 Å². The van der Waals surface area contributed by atoms with Gasteiger partial charge in [0.05, 0.1) is 5.69 Å². The summed E-state index contributed by atoms with van der Waals surface area (Å²) in [6.45, 7) is 1.74. The first-order chi connectivity index (χ1) is 4.24. The van der Waals surface area contributed by atoms with Crippen molar-refractivity contribution in [3.63, 3.8) is 0 Å². The minimum absolute atomic E-state index is 0.215. The van der Waals surface area contributed by atoms with E-state index in [1.54, 1.807) is 13.0 Å². The van der Waals surface area contributed by atoms with E-state index in [0.29, 0.717) is 17.7 Å². The number of carbonyl (C=O) groups is 1. The molecular formula is C6H7NO2. The van der Waals surface area contributed by atoms with Gasteiger partial charge < -0.3 is 10.2 Å². The molecule has 1 aromatic heterocycles. The maximum atomic E-state index is 10.1. The van der Waals surface area contributed by atoms with Gasteiger partial charge in [-0.15, -0.1) is 0 Å². The molecule has 3 heteroatoms. The zero-order valence-corrected chi connectivity index (χ0v) is 5.05. The van der Waals surface area contributed by atoms with Crippen LogP contribution in [0.3, 0.4) is 0 Å². The summed E-state index contributed by atoms with van der Waals surface area (Å²) in [5.41, 5.74) is 5.73. The molecule has 1 rings (SSSR count). The number of hydrogen-bond donors (Lipinski definition) is 1. The second kappa shape index (κ2) is 1.93. The second-order valence-electron chi connectivity index (χ2n) is 1.79. The Morgan fingerprint density at radius 2 is 2.44 bits per heavy atom. The maximum Gasteiger partial charge on any atom is 0.189 e. The fraction of sp³-hybridized carbons (Fsp3) is 0.167. The third kappa shape index (κ3) is 0.937. The van der Waals surface area contributed by atoms with Crippen LogP contribution in [0.2, 0.25) is 0 Å². The molecule has 3 nitrogen and oxygen atoms in total. The number of aryl methyl sites for hydroxylation is 1. The monoisotopic (exact) mass is 125 g/mol. The van der Waals surface area contributed by atoms with E-state index in [2.05, 4.69) is 0 Å². The van der Waals surface area contributed by atoms with E-state index in [4.69, 9.17) is 10.2 Å². The number of aldehydes is 1. The SMILES string of the molecule is Cc1cc(N)c(C=O)o1. The Labute approximate surface area is 52.5 Å². The molecule has 0 aliphatic heterocycles. The maximum absolute atomic E-state index is 10.1. The molecule has 0 saturated carbocycles. The molecule has 0 aliphatic carbocycles. The quantitative estimate of drug-likeness (QED) is 0.569. The summed E-state index contributed by atoms with van der Waals surface area (Å²) in [5.74, 6) is 0.877. The summed E-state index contributed by atoms with van der Waals surface area (Å²) in [6.07, 6.45) is 0.600. The van der Waals surface area contributed by atoms with Gasteiger partial charge in [0, 0.05) is 6.07 Å². The number of carbonyl (C=O) groups excluding carboxylic acids is 1. The van der Waals surface area contributed by atoms with Crippen LogP contribution in [-0.4, -0.2) is 6.29 Å². The van der Waals surface area contributed by atoms with Gasteiger partial charge in [0.2, 0.25) is 0 Å². The highest BCUT2D eigenvalue weighted by atomic mass is 16.3. The van der Waals surface area contributed by atoms with Gasteiger partial charge in [-0.2, -0.15) is 0 Å². The molecule has 1 aromatic rings. The first kappa shape index (κ1) is 5.88. The van der Waals surface area contributed by atoms with E-state index >= 15 is 0 Å². The van der Waals surface area contributed by atoms with Crippen molar-refractivity contribution < 1.29 is 9.21 Å². The first-order valence-electron chi connectivity index (χ1n) is 2.55. The van der Waals surface area contributed by atoms with Gasteiger partial charge in [0.25, 0.3) is 0 Å². The third-order valence-corrected chi connectivity index (χ3v) is 1.02. The average molecular weight is 125 g/mol. The Morgan fingerprint density at radius 3 is 2.67 bits per heavy atom. The van der Waals surface area contributed by atoms with E-state index in [1.807, 2.05) is 0 Å². The Hall–Kier alpha value is -1.25. The summed E-state index contributed by atoms with van der Waals surface area (Å²) >= 11 is 0. The average Bonchev–Trinajstić information content (AvgIpc) is 2.10. The van der Waals surface area contributed by atoms with E-state index < -0.39 is 0 Å². The largest absolute Gasteiger partial charge is 0.456 e. The fourth-order valence-electron chi connectivity index (χ4n) is 0.644. The molecule has 0 saturated heterocycles. The molecule has 0 unspecified atom stereocenters. The lowest BCUT2D eigenvalue weighted by atomic mass is 10.4. The molecule has 0 spiro atoms. The highest BCUT2D eigenvalue weighted by molar-refractivity contribution is 5.79. The second-order valence-corrected chi connectivity index (χ2v) is 1.79. The van der Waals surface area contributed by atoms with Crippen molar-refractivity contribution in [2.75, 3.05) is 5.73 Å². The number of anilines is 1. The van der Waals surface area contributed by atoms with Gasteiger partial charge in [-0.25, -0.2) is 0 Å². The van der Waals surface area contributed by atoms with Crippen LogP contribution < -0.4 is 5.73 Å². The molecule has 1 heterocycles. The third-order valence-electron chi connectivity index (χ3n) is 1.02. The lowest BCUT2D eigenvalue weighted by Gasteiger charge is -1.80. The molecule has 0 bridgehead atoms. The highest BCUT2D eigenvalue weighted by Crippen LogP contribution is 2.13. The Morgan fingerprint density at radius 1 is 1.78 bits per heavy atom. The number of rotatable bonds is 1. The Kier molecular flexibility index (Phi) is 1.26. The molecule has 0 amide bonds. The number of furan rings is 1. The molecule has 0 radical (unpaired) electrons. The Balaban J connectivity index is 3.15. The smallest absolute Gasteiger partial charge is 0.189 e. The van der Waals surface area contributed by atoms with Crippen LogP contribution in [-0.2, 0) is 0 Å². The lowest BCUT2D eigenvalue weighted by Crippen LogP contribution is -1.84. The summed E-state index contributed by atoms with van der Waals surface area (Å²) in [7, 11) is 0. The van der Waals surface area contributed by atoms with Gasteiger partial charge in [-0.05, 0) is 6.92 Å². The van der Waals surface area contributed by atoms with Crippen LogP contribution in [0.4, 0.5) is 5.69 Å². The predicted molar refractivity (Wildman–Crippen MR) is 33.2 cm³/mol. The van der Waals surface area contributed by atoms with Crippen LogP contribution in [0, 0.1) is 6.92 Å². The molecule has 0 atom stereocenters. The van der Waals surface area contributed by atoms with Crippen molar-refractivity contribution in [1.82, 2.24) is 0 Å². The van der Waals surface area contributed by atoms with Crippen molar-refractivity contribution in [2.45, 2.75) is 6.92 Å². The van der Waals surface area contributed by atoms with E-state index in [-0.39, 0.29) is 5.76 Å². The molecule has 0 aromatic carbocycles. The van der Waals surface area contributed by atoms with E-state index in [0.717, 1.165) is 0 Å². The first-order valence-corrected chi connectivity index (χ1v) is 2.55. The van der Waals surface area contributed by atoms with E-state index in [1.165, 1.54) is 0 Å². The summed E-state index contributed by atoms with van der Waals surface area (Å²) < 4.78 is 4.87. The molecule has 9 heavy (non-hydrogen) atoms. The number of nitrogens with two attached hydrogens (primary N) is 1. The minimum atomic E-state index is 0.215. The molecule has 2 N–H and O–H groups in total. The van der Waals surface area contributed by atoms with Crippen molar-refractivity contribution >= 4 is 12.0 Å². The van der Waals surface area contributed by atoms with Gasteiger partial charge >= 0.3 is 0 Å². The minimum Gasteiger partial charge on any atom is -0.456 e. The van der Waals surface area contributed by atoms with Gasteiger partial charge in [0.1, 0.15) is 5.76 Å². The van der Waals surface area contributed by atoms with Crippen molar-refractivity contribution in [3.8, 4) is 0 Å². The summed E-state index contributed by atoms with van der Waals surface area (Å²) in [6, 6.07) is 1.61. The van der Waals surface area contributed by atoms with Gasteiger partial charge in [-0.1, -0.05) is 0 Å². The molecule has 0 fully saturated rings. The fourth-order valence-corrected chi connectivity index (χ4v) is 0.644. The van der Waals surface area contributed by atoms with Crippen LogP contribution in [0.15, 0.2) is 10.5 Å².